The second-order valence-electron chi connectivity index (χ2n) is 4.30. The van der Waals surface area contributed by atoms with Crippen molar-refractivity contribution < 1.29 is 20.4 Å². The van der Waals surface area contributed by atoms with E-state index in [0.29, 0.717) is 0 Å². The standard InChI is InChI=1S/C14H14O4/c15-11-3-1-10(2-4-11)5-6-14(18)8-12(16)7-13(17)9-14/h1-8,15-18H,9H2/b6-5+. The highest BCUT2D eigenvalue weighted by Gasteiger charge is 2.26. The molecule has 1 atom stereocenters. The maximum atomic E-state index is 10.2. The summed E-state index contributed by atoms with van der Waals surface area (Å²) >= 11 is 0. The fraction of sp³-hybridized carbons (Fsp3) is 0.143. The zero-order valence-corrected chi connectivity index (χ0v) is 9.61. The summed E-state index contributed by atoms with van der Waals surface area (Å²) in [6.07, 6.45) is 5.62. The van der Waals surface area contributed by atoms with Crippen LogP contribution in [0.3, 0.4) is 0 Å². The van der Waals surface area contributed by atoms with Crippen LogP contribution in [-0.2, 0) is 0 Å². The minimum absolute atomic E-state index is 0.0195. The van der Waals surface area contributed by atoms with Crippen molar-refractivity contribution in [2.75, 3.05) is 0 Å². The van der Waals surface area contributed by atoms with Crippen molar-refractivity contribution in [1.29, 1.82) is 0 Å². The molecule has 0 spiro atoms. The van der Waals surface area contributed by atoms with Crippen LogP contribution in [-0.4, -0.2) is 26.0 Å². The van der Waals surface area contributed by atoms with E-state index < -0.39 is 5.60 Å². The monoisotopic (exact) mass is 246 g/mol. The van der Waals surface area contributed by atoms with Gasteiger partial charge < -0.3 is 20.4 Å². The van der Waals surface area contributed by atoms with Gasteiger partial charge in [-0.25, -0.2) is 0 Å². The maximum absolute atomic E-state index is 10.2. The predicted octanol–water partition coefficient (Wildman–Crippen LogP) is 2.42. The molecule has 0 saturated carbocycles. The topological polar surface area (TPSA) is 80.9 Å². The first-order valence-corrected chi connectivity index (χ1v) is 5.49. The molecule has 0 aromatic heterocycles. The van der Waals surface area contributed by atoms with Crippen molar-refractivity contribution in [3.8, 4) is 5.75 Å². The Balaban J connectivity index is 2.18. The summed E-state index contributed by atoms with van der Waals surface area (Å²) in [5.41, 5.74) is -0.607. The molecule has 4 heteroatoms. The summed E-state index contributed by atoms with van der Waals surface area (Å²) in [4.78, 5) is 0. The molecule has 0 radical (unpaired) electrons. The van der Waals surface area contributed by atoms with E-state index in [0.717, 1.165) is 5.56 Å². The van der Waals surface area contributed by atoms with Crippen molar-refractivity contribution in [2.45, 2.75) is 12.0 Å². The second-order valence-corrected chi connectivity index (χ2v) is 4.30. The first-order chi connectivity index (χ1) is 8.47. The van der Waals surface area contributed by atoms with E-state index in [4.69, 9.17) is 5.11 Å². The van der Waals surface area contributed by atoms with Crippen LogP contribution in [0.1, 0.15) is 12.0 Å². The lowest BCUT2D eigenvalue weighted by atomic mass is 9.92. The van der Waals surface area contributed by atoms with E-state index in [2.05, 4.69) is 0 Å². The fourth-order valence-corrected chi connectivity index (χ4v) is 1.79. The van der Waals surface area contributed by atoms with Crippen molar-refractivity contribution in [3.63, 3.8) is 0 Å². The Morgan fingerprint density at radius 3 is 2.33 bits per heavy atom. The van der Waals surface area contributed by atoms with Gasteiger partial charge in [0.25, 0.3) is 0 Å². The summed E-state index contributed by atoms with van der Waals surface area (Å²) < 4.78 is 0. The minimum atomic E-state index is -1.40. The van der Waals surface area contributed by atoms with Crippen molar-refractivity contribution >= 4 is 6.08 Å². The Hall–Kier alpha value is -2.20. The molecule has 0 saturated heterocycles. The summed E-state index contributed by atoms with van der Waals surface area (Å²) in [6, 6.07) is 6.46. The lowest BCUT2D eigenvalue weighted by molar-refractivity contribution is 0.120. The van der Waals surface area contributed by atoms with E-state index in [-0.39, 0.29) is 23.7 Å². The summed E-state index contributed by atoms with van der Waals surface area (Å²) in [6.45, 7) is 0. The van der Waals surface area contributed by atoms with E-state index >= 15 is 0 Å². The molecule has 4 N–H and O–H groups in total. The van der Waals surface area contributed by atoms with Crippen LogP contribution in [0.25, 0.3) is 6.08 Å². The normalized spacial score (nSPS) is 23.8. The molecule has 1 unspecified atom stereocenters. The van der Waals surface area contributed by atoms with Gasteiger partial charge in [0, 0.05) is 12.5 Å². The number of aliphatic hydroxyl groups is 3. The third kappa shape index (κ3) is 2.93. The zero-order valence-electron chi connectivity index (χ0n) is 9.61. The van der Waals surface area contributed by atoms with Gasteiger partial charge in [0.2, 0.25) is 0 Å². The molecule has 0 fully saturated rings. The number of aromatic hydroxyl groups is 1. The van der Waals surface area contributed by atoms with Gasteiger partial charge in [-0.1, -0.05) is 18.2 Å². The Bertz CT molecular complexity index is 525. The van der Waals surface area contributed by atoms with E-state index in [9.17, 15) is 15.3 Å². The Morgan fingerprint density at radius 1 is 1.06 bits per heavy atom. The van der Waals surface area contributed by atoms with E-state index in [1.165, 1.54) is 30.4 Å². The highest BCUT2D eigenvalue weighted by atomic mass is 16.3. The van der Waals surface area contributed by atoms with Crippen LogP contribution in [0, 0.1) is 0 Å². The number of phenolic OH excluding ortho intramolecular Hbond substituents is 1. The van der Waals surface area contributed by atoms with Crippen LogP contribution in [0.4, 0.5) is 0 Å². The number of allylic oxidation sites excluding steroid dienone is 1. The maximum Gasteiger partial charge on any atom is 0.118 e. The third-order valence-corrected chi connectivity index (χ3v) is 2.63. The average molecular weight is 246 g/mol. The molecule has 1 aliphatic rings. The van der Waals surface area contributed by atoms with Crippen LogP contribution in [0.5, 0.6) is 5.75 Å². The molecule has 0 bridgehead atoms. The number of phenols is 1. The lowest BCUT2D eigenvalue weighted by Gasteiger charge is -2.23. The smallest absolute Gasteiger partial charge is 0.118 e. The summed E-state index contributed by atoms with van der Waals surface area (Å²) in [5.74, 6) is -0.0777. The molecule has 2 rings (SSSR count). The van der Waals surface area contributed by atoms with Crippen LogP contribution < -0.4 is 0 Å². The lowest BCUT2D eigenvalue weighted by Crippen LogP contribution is -2.26. The Kier molecular flexibility index (Phi) is 3.12. The van der Waals surface area contributed by atoms with Gasteiger partial charge in [0.15, 0.2) is 0 Å². The van der Waals surface area contributed by atoms with Gasteiger partial charge in [0.05, 0.1) is 5.76 Å². The van der Waals surface area contributed by atoms with Gasteiger partial charge in [-0.15, -0.1) is 0 Å². The molecule has 18 heavy (non-hydrogen) atoms. The highest BCUT2D eigenvalue weighted by molar-refractivity contribution is 5.53. The minimum Gasteiger partial charge on any atom is -0.512 e. The van der Waals surface area contributed by atoms with Gasteiger partial charge in [-0.2, -0.15) is 0 Å². The second kappa shape index (κ2) is 4.58. The summed E-state index contributed by atoms with van der Waals surface area (Å²) in [5, 5.41) is 38.0. The first-order valence-electron chi connectivity index (χ1n) is 5.49. The predicted molar refractivity (Wildman–Crippen MR) is 68.1 cm³/mol. The van der Waals surface area contributed by atoms with Gasteiger partial charge in [-0.05, 0) is 29.8 Å². The van der Waals surface area contributed by atoms with Crippen LogP contribution >= 0.6 is 0 Å². The highest BCUT2D eigenvalue weighted by Crippen LogP contribution is 2.26. The first kappa shape index (κ1) is 12.3. The van der Waals surface area contributed by atoms with Gasteiger partial charge in [-0.3, -0.25) is 0 Å². The Labute approximate surface area is 104 Å². The van der Waals surface area contributed by atoms with Crippen molar-refractivity contribution in [1.82, 2.24) is 0 Å². The van der Waals surface area contributed by atoms with Crippen molar-refractivity contribution in [2.24, 2.45) is 0 Å². The molecule has 0 aliphatic heterocycles. The molecular formula is C14H14O4. The van der Waals surface area contributed by atoms with E-state index in [1.54, 1.807) is 18.2 Å². The molecule has 0 amide bonds. The number of aliphatic hydroxyl groups excluding tert-OH is 2. The number of benzene rings is 1. The number of hydrogen-bond acceptors (Lipinski definition) is 4. The third-order valence-electron chi connectivity index (χ3n) is 2.63. The number of hydrogen-bond donors (Lipinski definition) is 4. The Morgan fingerprint density at radius 2 is 1.72 bits per heavy atom. The molecule has 0 heterocycles. The molecule has 1 aromatic carbocycles. The molecule has 1 aliphatic carbocycles. The van der Waals surface area contributed by atoms with Crippen LogP contribution in [0.15, 0.2) is 54.0 Å². The quantitative estimate of drug-likeness (QED) is 0.646. The SMILES string of the molecule is OC1=CC(O)(/C=C/c2ccc(O)cc2)CC(O)=C1. The van der Waals surface area contributed by atoms with E-state index in [1.807, 2.05) is 0 Å². The molecule has 4 nitrogen and oxygen atoms in total. The van der Waals surface area contributed by atoms with Crippen molar-refractivity contribution in [3.05, 3.63) is 59.6 Å². The summed E-state index contributed by atoms with van der Waals surface area (Å²) in [7, 11) is 0. The average Bonchev–Trinajstić information content (AvgIpc) is 2.26. The molecule has 94 valence electrons. The van der Waals surface area contributed by atoms with Crippen LogP contribution in [0.2, 0.25) is 0 Å². The van der Waals surface area contributed by atoms with Gasteiger partial charge in [0.1, 0.15) is 17.1 Å². The molecule has 1 aromatic rings. The number of rotatable bonds is 2. The molecular weight excluding hydrogens is 232 g/mol. The zero-order chi connectivity index (χ0) is 13.2. The fourth-order valence-electron chi connectivity index (χ4n) is 1.79. The largest absolute Gasteiger partial charge is 0.512 e. The van der Waals surface area contributed by atoms with Gasteiger partial charge >= 0.3 is 0 Å².